The minimum Gasteiger partial charge on any atom is -0.496 e. The summed E-state index contributed by atoms with van der Waals surface area (Å²) in [4.78, 5) is 37.6. The van der Waals surface area contributed by atoms with Crippen LogP contribution in [0.25, 0.3) is 22.3 Å². The third kappa shape index (κ3) is 5.13. The highest BCUT2D eigenvalue weighted by molar-refractivity contribution is 6.04. The zero-order chi connectivity index (χ0) is 28.4. The topological polar surface area (TPSA) is 94.4 Å². The highest BCUT2D eigenvalue weighted by Crippen LogP contribution is 2.37. The van der Waals surface area contributed by atoms with E-state index in [1.807, 2.05) is 50.2 Å². The summed E-state index contributed by atoms with van der Waals surface area (Å²) in [6, 6.07) is 14.7. The number of methoxy groups -OCH3 is 1. The van der Waals surface area contributed by atoms with Crippen molar-refractivity contribution in [1.82, 2.24) is 14.5 Å². The van der Waals surface area contributed by atoms with E-state index in [4.69, 9.17) is 4.74 Å². The van der Waals surface area contributed by atoms with Crippen LogP contribution in [-0.2, 0) is 20.6 Å². The normalized spacial score (nSPS) is 10.9. The third-order valence-corrected chi connectivity index (χ3v) is 6.94. The molecule has 0 saturated heterocycles. The highest BCUT2D eigenvalue weighted by atomic mass is 19.1. The Morgan fingerprint density at radius 3 is 2.28 bits per heavy atom. The first-order valence-corrected chi connectivity index (χ1v) is 12.4. The second kappa shape index (κ2) is 11.1. The van der Waals surface area contributed by atoms with Crippen LogP contribution in [0.5, 0.6) is 5.75 Å². The molecule has 0 radical (unpaired) electrons. The van der Waals surface area contributed by atoms with Crippen LogP contribution in [0.2, 0.25) is 0 Å². The number of amides is 1. The van der Waals surface area contributed by atoms with Crippen LogP contribution in [0.15, 0.2) is 64.3 Å². The Labute approximate surface area is 225 Å². The number of aryl methyl sites for hydroxylation is 1. The van der Waals surface area contributed by atoms with Gasteiger partial charge in [0.15, 0.2) is 0 Å². The van der Waals surface area contributed by atoms with Crippen molar-refractivity contribution in [1.29, 1.82) is 0 Å². The zero-order valence-electron chi connectivity index (χ0n) is 22.8. The molecule has 4 aromatic rings. The van der Waals surface area contributed by atoms with Crippen molar-refractivity contribution >= 4 is 11.6 Å². The van der Waals surface area contributed by atoms with Gasteiger partial charge in [-0.3, -0.25) is 14.2 Å². The number of nitrogens with zero attached hydrogens (tertiary/aromatic N) is 2. The molecule has 8 nitrogen and oxygen atoms in total. The van der Waals surface area contributed by atoms with Crippen molar-refractivity contribution in [2.75, 3.05) is 19.5 Å². The predicted molar refractivity (Wildman–Crippen MR) is 151 cm³/mol. The van der Waals surface area contributed by atoms with E-state index in [0.29, 0.717) is 29.1 Å². The van der Waals surface area contributed by atoms with Crippen LogP contribution in [0.4, 0.5) is 10.1 Å². The molecule has 0 spiro atoms. The number of anilines is 1. The Balaban J connectivity index is 1.75. The summed E-state index contributed by atoms with van der Waals surface area (Å²) < 4.78 is 22.6. The molecule has 0 saturated carbocycles. The van der Waals surface area contributed by atoms with Gasteiger partial charge in [0.1, 0.15) is 17.1 Å². The predicted octanol–water partition coefficient (Wildman–Crippen LogP) is 4.15. The Bertz CT molecular complexity index is 1700. The first-order chi connectivity index (χ1) is 18.6. The molecule has 1 aromatic heterocycles. The maximum absolute atomic E-state index is 15.0. The van der Waals surface area contributed by atoms with Crippen LogP contribution in [0, 0.1) is 19.7 Å². The summed E-state index contributed by atoms with van der Waals surface area (Å²) in [5, 5.41) is 5.78. The van der Waals surface area contributed by atoms with Gasteiger partial charge in [-0.2, -0.15) is 0 Å². The Morgan fingerprint density at radius 2 is 1.62 bits per heavy atom. The molecule has 0 unspecified atom stereocenters. The first-order valence-electron chi connectivity index (χ1n) is 12.4. The number of carbonyl (C=O) groups is 1. The van der Waals surface area contributed by atoms with Gasteiger partial charge < -0.3 is 19.9 Å². The quantitative estimate of drug-likeness (QED) is 0.374. The molecule has 0 aliphatic rings. The van der Waals surface area contributed by atoms with Gasteiger partial charge in [0.2, 0.25) is 0 Å². The molecule has 2 N–H and O–H groups in total. The lowest BCUT2D eigenvalue weighted by Crippen LogP contribution is -2.40. The molecule has 0 aliphatic carbocycles. The largest absolute Gasteiger partial charge is 0.496 e. The number of benzene rings is 3. The lowest BCUT2D eigenvalue weighted by Gasteiger charge is -2.18. The average Bonchev–Trinajstić information content (AvgIpc) is 2.92. The second-order valence-electron chi connectivity index (χ2n) is 9.38. The van der Waals surface area contributed by atoms with Crippen molar-refractivity contribution in [3.63, 3.8) is 0 Å². The Hall–Kier alpha value is -4.50. The molecule has 3 aromatic carbocycles. The number of ether oxygens (including phenoxy) is 1. The van der Waals surface area contributed by atoms with Gasteiger partial charge in [0.05, 0.1) is 7.11 Å². The number of hydrogen-bond acceptors (Lipinski definition) is 5. The van der Waals surface area contributed by atoms with Crippen LogP contribution < -0.4 is 26.6 Å². The van der Waals surface area contributed by atoms with E-state index in [9.17, 15) is 14.4 Å². The van der Waals surface area contributed by atoms with E-state index in [-0.39, 0.29) is 11.4 Å². The number of rotatable bonds is 7. The van der Waals surface area contributed by atoms with Gasteiger partial charge in [0.25, 0.3) is 11.5 Å². The maximum atomic E-state index is 15.0. The van der Waals surface area contributed by atoms with Crippen LogP contribution in [0.1, 0.15) is 27.0 Å². The molecule has 39 heavy (non-hydrogen) atoms. The molecular weight excluding hydrogens is 499 g/mol. The summed E-state index contributed by atoms with van der Waals surface area (Å²) in [6.45, 7) is 4.19. The van der Waals surface area contributed by atoms with Gasteiger partial charge in [0, 0.05) is 38.1 Å². The summed E-state index contributed by atoms with van der Waals surface area (Å²) in [7, 11) is 6.09. The molecule has 0 fully saturated rings. The summed E-state index contributed by atoms with van der Waals surface area (Å²) in [5.74, 6) is -0.496. The molecule has 0 atom stereocenters. The average molecular weight is 531 g/mol. The van der Waals surface area contributed by atoms with Gasteiger partial charge >= 0.3 is 5.69 Å². The van der Waals surface area contributed by atoms with Gasteiger partial charge in [-0.05, 0) is 72.5 Å². The fourth-order valence-electron chi connectivity index (χ4n) is 4.75. The van der Waals surface area contributed by atoms with E-state index in [1.165, 1.54) is 38.0 Å². The van der Waals surface area contributed by atoms with Gasteiger partial charge in [-0.15, -0.1) is 0 Å². The van der Waals surface area contributed by atoms with Crippen molar-refractivity contribution in [3.8, 4) is 28.0 Å². The van der Waals surface area contributed by atoms with Crippen LogP contribution >= 0.6 is 0 Å². The molecule has 1 amide bonds. The molecule has 1 heterocycles. The molecular formula is C30H31FN4O4. The Kier molecular flexibility index (Phi) is 7.83. The monoisotopic (exact) mass is 530 g/mol. The number of nitrogens with one attached hydrogen (secondary N) is 2. The van der Waals surface area contributed by atoms with Crippen molar-refractivity contribution in [3.05, 3.63) is 104 Å². The summed E-state index contributed by atoms with van der Waals surface area (Å²) in [5.41, 5.74) is 4.72. The fraction of sp³-hybridized carbons (Fsp3) is 0.233. The molecule has 9 heteroatoms. The van der Waals surface area contributed by atoms with Crippen molar-refractivity contribution in [2.45, 2.75) is 20.4 Å². The highest BCUT2D eigenvalue weighted by Gasteiger charge is 2.19. The second-order valence-corrected chi connectivity index (χ2v) is 9.38. The van der Waals surface area contributed by atoms with Crippen molar-refractivity contribution in [2.24, 2.45) is 14.1 Å². The minimum atomic E-state index is -0.670. The van der Waals surface area contributed by atoms with Crippen LogP contribution in [0.3, 0.4) is 0 Å². The van der Waals surface area contributed by atoms with E-state index in [1.54, 1.807) is 13.1 Å². The van der Waals surface area contributed by atoms with E-state index in [2.05, 4.69) is 10.6 Å². The third-order valence-electron chi connectivity index (χ3n) is 6.94. The van der Waals surface area contributed by atoms with Crippen LogP contribution in [-0.4, -0.2) is 29.2 Å². The van der Waals surface area contributed by atoms with Crippen molar-refractivity contribution < 1.29 is 13.9 Å². The lowest BCUT2D eigenvalue weighted by atomic mass is 9.90. The fourth-order valence-corrected chi connectivity index (χ4v) is 4.75. The van der Waals surface area contributed by atoms with Gasteiger partial charge in [-0.25, -0.2) is 9.18 Å². The summed E-state index contributed by atoms with van der Waals surface area (Å²) >= 11 is 0. The maximum Gasteiger partial charge on any atom is 0.330 e. The summed E-state index contributed by atoms with van der Waals surface area (Å²) in [6.07, 6.45) is 1.24. The smallest absolute Gasteiger partial charge is 0.330 e. The molecule has 4 rings (SSSR count). The van der Waals surface area contributed by atoms with Gasteiger partial charge in [-0.1, -0.05) is 30.3 Å². The van der Waals surface area contributed by atoms with E-state index in [0.717, 1.165) is 32.4 Å². The SMILES string of the molecule is CNCc1c(F)cc(-c2cccc(-c3cccc(NC(=O)c4cn(C)c(=O)n(C)c4=O)c3C)c2C)cc1OC. The molecule has 0 aliphatic heterocycles. The standard InChI is InChI=1S/C30H31FN4O4/c1-17-20(19-13-25(31)23(15-32-3)27(14-19)39-6)9-7-10-21(17)22-11-8-12-26(18(22)2)33-28(36)24-16-34(4)30(38)35(5)29(24)37/h7-14,16,32H,15H2,1-6H3,(H,33,36). The number of halogens is 1. The first kappa shape index (κ1) is 27.5. The number of hydrogen-bond donors (Lipinski definition) is 2. The lowest BCUT2D eigenvalue weighted by molar-refractivity contribution is 0.102. The molecule has 0 bridgehead atoms. The molecule has 202 valence electrons. The van der Waals surface area contributed by atoms with E-state index < -0.39 is 17.2 Å². The Morgan fingerprint density at radius 1 is 0.974 bits per heavy atom. The minimum absolute atomic E-state index is 0.139. The zero-order valence-corrected chi connectivity index (χ0v) is 22.8. The number of aromatic nitrogens is 2. The number of carbonyl (C=O) groups excluding carboxylic acids is 1. The van der Waals surface area contributed by atoms with E-state index >= 15 is 4.39 Å².